The van der Waals surface area contributed by atoms with E-state index in [1.165, 1.54) is 0 Å². The standard InChI is InChI=1S/C24H25Cl2N3O2/c1-4-9-29(3)22-21(23(30)24(22)31)27-16-7-5-14(6-8-16)18-12-28(2)13-19-17(18)10-15(25)11-20(19)26/h5-8,10-11,18,27H,4,9,12-13H2,1-3H3/t18-/m0/s1. The molecular formula is C24H25Cl2N3O2. The quantitative estimate of drug-likeness (QED) is 0.540. The van der Waals surface area contributed by atoms with Crippen molar-refractivity contribution in [2.45, 2.75) is 25.8 Å². The van der Waals surface area contributed by atoms with Gasteiger partial charge in [-0.25, -0.2) is 0 Å². The first-order valence-corrected chi connectivity index (χ1v) is 11.1. The smallest absolute Gasteiger partial charge is 0.253 e. The third kappa shape index (κ3) is 4.10. The highest BCUT2D eigenvalue weighted by Gasteiger charge is 2.27. The molecule has 0 amide bonds. The van der Waals surface area contributed by atoms with Crippen molar-refractivity contribution >= 4 is 40.3 Å². The number of hydrogen-bond acceptors (Lipinski definition) is 5. The predicted octanol–water partition coefficient (Wildman–Crippen LogP) is 4.76. The highest BCUT2D eigenvalue weighted by atomic mass is 35.5. The van der Waals surface area contributed by atoms with Crippen LogP contribution in [0.25, 0.3) is 0 Å². The van der Waals surface area contributed by atoms with Crippen LogP contribution in [0, 0.1) is 0 Å². The SMILES string of the molecule is CCCN(C)c1c(Nc2ccc([C@@H]3CN(C)Cc4c(Cl)cc(Cl)cc43)cc2)c(=O)c1=O. The molecule has 0 radical (unpaired) electrons. The normalized spacial score (nSPS) is 16.4. The fourth-order valence-electron chi connectivity index (χ4n) is 4.38. The number of nitrogens with one attached hydrogen (secondary N) is 1. The Morgan fingerprint density at radius 2 is 1.84 bits per heavy atom. The van der Waals surface area contributed by atoms with Crippen LogP contribution in [0.4, 0.5) is 17.1 Å². The second-order valence-corrected chi connectivity index (χ2v) is 9.10. The second kappa shape index (κ2) is 8.65. The lowest BCUT2D eigenvalue weighted by atomic mass is 9.84. The number of anilines is 3. The topological polar surface area (TPSA) is 52.6 Å². The van der Waals surface area contributed by atoms with Gasteiger partial charge >= 0.3 is 0 Å². The first-order valence-electron chi connectivity index (χ1n) is 10.4. The van der Waals surface area contributed by atoms with E-state index in [4.69, 9.17) is 23.2 Å². The number of hydrogen-bond donors (Lipinski definition) is 1. The molecule has 3 aromatic rings. The van der Waals surface area contributed by atoms with E-state index in [2.05, 4.69) is 17.3 Å². The van der Waals surface area contributed by atoms with Crippen LogP contribution in [0.5, 0.6) is 0 Å². The zero-order chi connectivity index (χ0) is 22.3. The average molecular weight is 458 g/mol. The molecular weight excluding hydrogens is 433 g/mol. The van der Waals surface area contributed by atoms with Gasteiger partial charge in [-0.3, -0.25) is 9.59 Å². The lowest BCUT2D eigenvalue weighted by Gasteiger charge is -2.33. The Morgan fingerprint density at radius 1 is 1.13 bits per heavy atom. The Hall–Kier alpha value is -2.34. The zero-order valence-corrected chi connectivity index (χ0v) is 19.3. The molecule has 0 aliphatic carbocycles. The largest absolute Gasteiger partial charge is 0.370 e. The highest BCUT2D eigenvalue weighted by molar-refractivity contribution is 6.35. The summed E-state index contributed by atoms with van der Waals surface area (Å²) in [6.07, 6.45) is 0.898. The maximum absolute atomic E-state index is 12.1. The Kier molecular flexibility index (Phi) is 6.11. The predicted molar refractivity (Wildman–Crippen MR) is 129 cm³/mol. The monoisotopic (exact) mass is 457 g/mol. The Bertz CT molecular complexity index is 1180. The minimum Gasteiger partial charge on any atom is -0.370 e. The van der Waals surface area contributed by atoms with E-state index in [9.17, 15) is 9.59 Å². The zero-order valence-electron chi connectivity index (χ0n) is 17.8. The van der Waals surface area contributed by atoms with E-state index in [1.807, 2.05) is 49.2 Å². The van der Waals surface area contributed by atoms with E-state index in [1.54, 1.807) is 6.07 Å². The summed E-state index contributed by atoms with van der Waals surface area (Å²) in [4.78, 5) is 28.2. The summed E-state index contributed by atoms with van der Waals surface area (Å²) in [6, 6.07) is 11.8. The molecule has 0 saturated carbocycles. The molecule has 0 aromatic heterocycles. The van der Waals surface area contributed by atoms with Crippen molar-refractivity contribution in [3.8, 4) is 0 Å². The summed E-state index contributed by atoms with van der Waals surface area (Å²) in [6.45, 7) is 4.41. The molecule has 0 saturated heterocycles. The molecule has 0 bridgehead atoms. The molecule has 1 atom stereocenters. The summed E-state index contributed by atoms with van der Waals surface area (Å²) in [5, 5.41) is 4.47. The summed E-state index contributed by atoms with van der Waals surface area (Å²) in [5.41, 5.74) is 4.13. The first kappa shape index (κ1) is 21.9. The van der Waals surface area contributed by atoms with E-state index in [-0.39, 0.29) is 5.92 Å². The Labute approximate surface area is 191 Å². The van der Waals surface area contributed by atoms with Crippen LogP contribution in [0.1, 0.15) is 36.0 Å². The van der Waals surface area contributed by atoms with Crippen LogP contribution in [0.15, 0.2) is 46.0 Å². The fourth-order valence-corrected chi connectivity index (χ4v) is 4.95. The Morgan fingerprint density at radius 3 is 2.52 bits per heavy atom. The third-order valence-corrected chi connectivity index (χ3v) is 6.46. The van der Waals surface area contributed by atoms with E-state index in [0.29, 0.717) is 21.4 Å². The third-order valence-electron chi connectivity index (χ3n) is 5.90. The van der Waals surface area contributed by atoms with Crippen molar-refractivity contribution in [3.63, 3.8) is 0 Å². The van der Waals surface area contributed by atoms with E-state index < -0.39 is 10.9 Å². The molecule has 4 rings (SSSR count). The summed E-state index contributed by atoms with van der Waals surface area (Å²) < 4.78 is 0. The molecule has 1 aliphatic rings. The summed E-state index contributed by atoms with van der Waals surface area (Å²) >= 11 is 12.8. The van der Waals surface area contributed by atoms with Gasteiger partial charge in [-0.05, 0) is 54.4 Å². The average Bonchev–Trinajstić information content (AvgIpc) is 2.74. The minimum absolute atomic E-state index is 0.149. The molecule has 31 heavy (non-hydrogen) atoms. The second-order valence-electron chi connectivity index (χ2n) is 8.26. The lowest BCUT2D eigenvalue weighted by molar-refractivity contribution is 0.295. The number of nitrogens with zero attached hydrogens (tertiary/aromatic N) is 2. The van der Waals surface area contributed by atoms with Gasteiger partial charge in [-0.2, -0.15) is 0 Å². The fraction of sp³-hybridized carbons (Fsp3) is 0.333. The lowest BCUT2D eigenvalue weighted by Crippen LogP contribution is -2.40. The number of likely N-dealkylation sites (N-methyl/N-ethyl adjacent to an activating group) is 1. The van der Waals surface area contributed by atoms with Gasteiger partial charge in [-0.1, -0.05) is 42.3 Å². The number of rotatable bonds is 6. The molecule has 5 nitrogen and oxygen atoms in total. The van der Waals surface area contributed by atoms with Gasteiger partial charge in [0.15, 0.2) is 0 Å². The van der Waals surface area contributed by atoms with Crippen LogP contribution in [0.3, 0.4) is 0 Å². The van der Waals surface area contributed by atoms with Crippen molar-refractivity contribution in [1.82, 2.24) is 4.90 Å². The van der Waals surface area contributed by atoms with Gasteiger partial charge in [-0.15, -0.1) is 0 Å². The van der Waals surface area contributed by atoms with E-state index >= 15 is 0 Å². The van der Waals surface area contributed by atoms with E-state index in [0.717, 1.165) is 48.4 Å². The van der Waals surface area contributed by atoms with Crippen molar-refractivity contribution < 1.29 is 0 Å². The molecule has 0 spiro atoms. The maximum Gasteiger partial charge on any atom is 0.253 e. The molecule has 3 aromatic carbocycles. The first-order chi connectivity index (χ1) is 14.8. The van der Waals surface area contributed by atoms with Gasteiger partial charge in [0, 0.05) is 48.3 Å². The van der Waals surface area contributed by atoms with Gasteiger partial charge < -0.3 is 15.1 Å². The minimum atomic E-state index is -0.464. The number of benzene rings is 2. The summed E-state index contributed by atoms with van der Waals surface area (Å²) in [5.74, 6) is 0.149. The molecule has 1 N–H and O–H groups in total. The number of fused-ring (bicyclic) bond motifs is 1. The molecule has 1 aliphatic heterocycles. The van der Waals surface area contributed by atoms with Crippen molar-refractivity contribution in [1.29, 1.82) is 0 Å². The number of halogens is 2. The Balaban J connectivity index is 1.61. The van der Waals surface area contributed by atoms with Crippen molar-refractivity contribution in [2.75, 3.05) is 37.4 Å². The molecule has 1 heterocycles. The molecule has 7 heteroatoms. The van der Waals surface area contributed by atoms with Crippen LogP contribution in [0.2, 0.25) is 10.0 Å². The highest BCUT2D eigenvalue weighted by Crippen LogP contribution is 2.38. The van der Waals surface area contributed by atoms with Crippen LogP contribution in [-0.2, 0) is 6.54 Å². The molecule has 0 fully saturated rings. The van der Waals surface area contributed by atoms with Crippen LogP contribution >= 0.6 is 23.2 Å². The van der Waals surface area contributed by atoms with Crippen LogP contribution < -0.4 is 21.1 Å². The van der Waals surface area contributed by atoms with Gasteiger partial charge in [0.1, 0.15) is 11.4 Å². The van der Waals surface area contributed by atoms with Gasteiger partial charge in [0.05, 0.1) is 0 Å². The van der Waals surface area contributed by atoms with Crippen molar-refractivity contribution in [3.05, 3.63) is 83.6 Å². The van der Waals surface area contributed by atoms with Gasteiger partial charge in [0.2, 0.25) is 0 Å². The molecule has 0 unspecified atom stereocenters. The summed E-state index contributed by atoms with van der Waals surface area (Å²) in [7, 11) is 3.91. The molecule has 162 valence electrons. The van der Waals surface area contributed by atoms with Gasteiger partial charge in [0.25, 0.3) is 10.9 Å². The van der Waals surface area contributed by atoms with Crippen molar-refractivity contribution in [2.24, 2.45) is 0 Å². The maximum atomic E-state index is 12.1. The van der Waals surface area contributed by atoms with Crippen LogP contribution in [-0.4, -0.2) is 32.1 Å².